The van der Waals surface area contributed by atoms with E-state index >= 15 is 4.39 Å². The Morgan fingerprint density at radius 2 is 1.66 bits per heavy atom. The molecule has 0 aliphatic rings. The Labute approximate surface area is 182 Å². The smallest absolute Gasteiger partial charge is 0.354 e. The summed E-state index contributed by atoms with van der Waals surface area (Å²) < 4.78 is 68.3. The molecule has 4 rings (SSSR count). The second-order valence-corrected chi connectivity index (χ2v) is 7.31. The maximum atomic E-state index is 15.2. The zero-order valence-corrected chi connectivity index (χ0v) is 16.6. The number of rotatable bonds is 2. The SMILES string of the molecule is N#Cc1ccc(Cl)c(-c2cc(=O)c3c(F)c(-c4ccc(C(F)(F)F)cc4)c(F)cc3[nH]2)c1. The molecule has 4 aromatic rings. The molecule has 0 radical (unpaired) electrons. The molecule has 0 atom stereocenters. The van der Waals surface area contributed by atoms with Crippen LogP contribution in [0.5, 0.6) is 0 Å². The van der Waals surface area contributed by atoms with Crippen molar-refractivity contribution in [3.63, 3.8) is 0 Å². The molecular weight excluding hydrogens is 451 g/mol. The molecule has 1 aromatic heterocycles. The lowest BCUT2D eigenvalue weighted by Gasteiger charge is -2.12. The Morgan fingerprint density at radius 1 is 0.969 bits per heavy atom. The second kappa shape index (κ2) is 7.77. The van der Waals surface area contributed by atoms with Crippen LogP contribution in [0.1, 0.15) is 11.1 Å². The molecule has 0 aliphatic carbocycles. The van der Waals surface area contributed by atoms with Gasteiger partial charge in [-0.1, -0.05) is 23.7 Å². The van der Waals surface area contributed by atoms with Crippen molar-refractivity contribution in [3.8, 4) is 28.5 Å². The first-order valence-corrected chi connectivity index (χ1v) is 9.40. The van der Waals surface area contributed by atoms with Gasteiger partial charge in [-0.2, -0.15) is 18.4 Å². The second-order valence-electron chi connectivity index (χ2n) is 6.90. The summed E-state index contributed by atoms with van der Waals surface area (Å²) in [6.45, 7) is 0. The Hall–Kier alpha value is -3.70. The van der Waals surface area contributed by atoms with Crippen LogP contribution in [0, 0.1) is 23.0 Å². The summed E-state index contributed by atoms with van der Waals surface area (Å²) in [5.41, 5.74) is -2.00. The van der Waals surface area contributed by atoms with E-state index in [0.717, 1.165) is 24.3 Å². The van der Waals surface area contributed by atoms with Crippen LogP contribution >= 0.6 is 11.6 Å². The molecule has 160 valence electrons. The Balaban J connectivity index is 1.91. The molecule has 0 aliphatic heterocycles. The topological polar surface area (TPSA) is 56.6 Å². The number of alkyl halides is 3. The number of halogens is 6. The van der Waals surface area contributed by atoms with Crippen molar-refractivity contribution in [2.24, 2.45) is 0 Å². The van der Waals surface area contributed by atoms with E-state index in [4.69, 9.17) is 16.9 Å². The number of pyridine rings is 1. The number of aromatic nitrogens is 1. The Kier molecular flexibility index (Phi) is 5.23. The number of fused-ring (bicyclic) bond motifs is 1. The molecule has 9 heteroatoms. The van der Waals surface area contributed by atoms with Gasteiger partial charge in [0.25, 0.3) is 0 Å². The van der Waals surface area contributed by atoms with Gasteiger partial charge in [-0.25, -0.2) is 8.78 Å². The van der Waals surface area contributed by atoms with Crippen LogP contribution in [0.4, 0.5) is 22.0 Å². The number of nitriles is 1. The third-order valence-electron chi connectivity index (χ3n) is 4.90. The summed E-state index contributed by atoms with van der Waals surface area (Å²) in [7, 11) is 0. The van der Waals surface area contributed by atoms with Crippen LogP contribution in [-0.2, 0) is 6.18 Å². The fourth-order valence-electron chi connectivity index (χ4n) is 3.38. The van der Waals surface area contributed by atoms with Gasteiger partial charge in [0.1, 0.15) is 11.6 Å². The molecule has 0 unspecified atom stereocenters. The van der Waals surface area contributed by atoms with Gasteiger partial charge >= 0.3 is 6.18 Å². The predicted octanol–water partition coefficient (Wildman–Crippen LogP) is 6.68. The van der Waals surface area contributed by atoms with E-state index in [1.165, 1.54) is 18.2 Å². The number of nitrogens with one attached hydrogen (secondary N) is 1. The number of aromatic amines is 1. The van der Waals surface area contributed by atoms with Crippen molar-refractivity contribution in [1.82, 2.24) is 4.98 Å². The summed E-state index contributed by atoms with van der Waals surface area (Å²) in [5, 5.41) is 8.82. The lowest BCUT2D eigenvalue weighted by molar-refractivity contribution is -0.137. The molecular formula is C23H10ClF5N2O. The molecule has 0 amide bonds. The fourth-order valence-corrected chi connectivity index (χ4v) is 3.60. The number of nitrogens with zero attached hydrogens (tertiary/aromatic N) is 1. The average molecular weight is 461 g/mol. The average Bonchev–Trinajstić information content (AvgIpc) is 2.73. The zero-order chi connectivity index (χ0) is 23.2. The van der Waals surface area contributed by atoms with Gasteiger partial charge in [-0.05, 0) is 42.0 Å². The lowest BCUT2D eigenvalue weighted by Crippen LogP contribution is -2.08. The van der Waals surface area contributed by atoms with Gasteiger partial charge in [0, 0.05) is 16.7 Å². The highest BCUT2D eigenvalue weighted by Crippen LogP contribution is 2.35. The first-order valence-electron chi connectivity index (χ1n) is 9.03. The maximum absolute atomic E-state index is 15.2. The molecule has 1 heterocycles. The van der Waals surface area contributed by atoms with Crippen LogP contribution in [-0.4, -0.2) is 4.98 Å². The van der Waals surface area contributed by atoms with Crippen molar-refractivity contribution in [2.75, 3.05) is 0 Å². The van der Waals surface area contributed by atoms with Crippen LogP contribution < -0.4 is 5.43 Å². The third kappa shape index (κ3) is 3.72. The molecule has 32 heavy (non-hydrogen) atoms. The van der Waals surface area contributed by atoms with Crippen molar-refractivity contribution in [2.45, 2.75) is 6.18 Å². The van der Waals surface area contributed by atoms with Crippen LogP contribution in [0.2, 0.25) is 5.02 Å². The van der Waals surface area contributed by atoms with Crippen molar-refractivity contribution >= 4 is 22.5 Å². The molecule has 1 N–H and O–H groups in total. The maximum Gasteiger partial charge on any atom is 0.416 e. The molecule has 0 saturated heterocycles. The molecule has 0 spiro atoms. The van der Waals surface area contributed by atoms with Crippen LogP contribution in [0.3, 0.4) is 0 Å². The first kappa shape index (κ1) is 21.5. The summed E-state index contributed by atoms with van der Waals surface area (Å²) in [4.78, 5) is 15.4. The monoisotopic (exact) mass is 460 g/mol. The number of H-pyrrole nitrogens is 1. The van der Waals surface area contributed by atoms with Gasteiger partial charge in [0.2, 0.25) is 0 Å². The lowest BCUT2D eigenvalue weighted by atomic mass is 9.99. The molecule has 3 nitrogen and oxygen atoms in total. The van der Waals surface area contributed by atoms with Gasteiger partial charge < -0.3 is 4.98 Å². The van der Waals surface area contributed by atoms with E-state index in [-0.39, 0.29) is 32.9 Å². The largest absolute Gasteiger partial charge is 0.416 e. The van der Waals surface area contributed by atoms with Crippen molar-refractivity contribution in [1.29, 1.82) is 5.26 Å². The highest BCUT2D eigenvalue weighted by molar-refractivity contribution is 6.33. The highest BCUT2D eigenvalue weighted by Gasteiger charge is 2.30. The molecule has 0 bridgehead atoms. The highest BCUT2D eigenvalue weighted by atomic mass is 35.5. The molecule has 0 fully saturated rings. The predicted molar refractivity (Wildman–Crippen MR) is 110 cm³/mol. The number of hydrogen-bond acceptors (Lipinski definition) is 2. The van der Waals surface area contributed by atoms with E-state index in [9.17, 15) is 22.4 Å². The normalized spacial score (nSPS) is 11.5. The van der Waals surface area contributed by atoms with Gasteiger partial charge in [-0.15, -0.1) is 0 Å². The Bertz CT molecular complexity index is 1470. The quantitative estimate of drug-likeness (QED) is 0.339. The van der Waals surface area contributed by atoms with Gasteiger partial charge in [0.15, 0.2) is 5.43 Å². The van der Waals surface area contributed by atoms with Crippen molar-refractivity contribution < 1.29 is 22.0 Å². The minimum atomic E-state index is -4.60. The van der Waals surface area contributed by atoms with E-state index in [1.807, 2.05) is 6.07 Å². The number of hydrogen-bond donors (Lipinski definition) is 1. The van der Waals surface area contributed by atoms with Crippen LogP contribution in [0.15, 0.2) is 59.4 Å². The van der Waals surface area contributed by atoms with E-state index in [0.29, 0.717) is 12.1 Å². The summed E-state index contributed by atoms with van der Waals surface area (Å²) >= 11 is 6.14. The third-order valence-corrected chi connectivity index (χ3v) is 5.23. The summed E-state index contributed by atoms with van der Waals surface area (Å²) in [5.74, 6) is -2.27. The Morgan fingerprint density at radius 3 is 2.28 bits per heavy atom. The summed E-state index contributed by atoms with van der Waals surface area (Å²) in [6, 6.07) is 11.5. The van der Waals surface area contributed by atoms with E-state index in [2.05, 4.69) is 4.98 Å². The first-order chi connectivity index (χ1) is 15.1. The minimum Gasteiger partial charge on any atom is -0.354 e. The summed E-state index contributed by atoms with van der Waals surface area (Å²) in [6.07, 6.45) is -4.60. The van der Waals surface area contributed by atoms with E-state index in [1.54, 1.807) is 0 Å². The molecule has 0 saturated carbocycles. The van der Waals surface area contributed by atoms with Crippen molar-refractivity contribution in [3.05, 3.63) is 92.6 Å². The fraction of sp³-hybridized carbons (Fsp3) is 0.0435. The van der Waals surface area contributed by atoms with Gasteiger partial charge in [0.05, 0.1) is 39.4 Å². The molecule has 3 aromatic carbocycles. The van der Waals surface area contributed by atoms with E-state index < -0.39 is 39.8 Å². The minimum absolute atomic E-state index is 0.144. The standard InChI is InChI=1S/C23H10ClF5N2O/c24-15-6-1-11(10-30)7-14(15)17-9-19(32)21-18(31-17)8-16(25)20(22(21)26)12-2-4-13(5-3-12)23(27,28)29/h1-9H,(H,31,32). The zero-order valence-electron chi connectivity index (χ0n) is 15.8. The van der Waals surface area contributed by atoms with Gasteiger partial charge in [-0.3, -0.25) is 4.79 Å². The van der Waals surface area contributed by atoms with Crippen LogP contribution in [0.25, 0.3) is 33.3 Å². The number of benzene rings is 3.